The van der Waals surface area contributed by atoms with Gasteiger partial charge in [-0.15, -0.1) is 0 Å². The lowest BCUT2D eigenvalue weighted by Gasteiger charge is -2.33. The van der Waals surface area contributed by atoms with Crippen molar-refractivity contribution in [3.05, 3.63) is 0 Å². The maximum absolute atomic E-state index is 12.0. The lowest BCUT2D eigenvalue weighted by Crippen LogP contribution is -2.54. The first kappa shape index (κ1) is 10.9. The van der Waals surface area contributed by atoms with Gasteiger partial charge in [0.25, 0.3) is 0 Å². The van der Waals surface area contributed by atoms with Gasteiger partial charge in [0.2, 0.25) is 5.91 Å². The summed E-state index contributed by atoms with van der Waals surface area (Å²) in [5.74, 6) is 0.113. The number of rotatable bonds is 1. The van der Waals surface area contributed by atoms with E-state index in [1.54, 1.807) is 0 Å². The second-order valence-corrected chi connectivity index (χ2v) is 4.14. The van der Waals surface area contributed by atoms with E-state index in [1.807, 2.05) is 4.90 Å². The highest BCUT2D eigenvalue weighted by Gasteiger charge is 2.28. The zero-order chi connectivity index (χ0) is 10.7. The zero-order valence-electron chi connectivity index (χ0n) is 8.82. The van der Waals surface area contributed by atoms with Crippen molar-refractivity contribution >= 4 is 5.91 Å². The first-order chi connectivity index (χ1) is 7.27. The van der Waals surface area contributed by atoms with Gasteiger partial charge >= 0.3 is 0 Å². The first-order valence-corrected chi connectivity index (χ1v) is 5.55. The normalized spacial score (nSPS) is 29.1. The number of ether oxygens (including phenoxy) is 1. The molecular formula is C10H18N2O3. The maximum Gasteiger partial charge on any atom is 0.242 e. The Morgan fingerprint density at radius 3 is 2.73 bits per heavy atom. The lowest BCUT2D eigenvalue weighted by molar-refractivity contribution is -0.138. The molecule has 15 heavy (non-hydrogen) atoms. The topological polar surface area (TPSA) is 61.8 Å². The molecule has 2 N–H and O–H groups in total. The number of amides is 1. The van der Waals surface area contributed by atoms with E-state index in [-0.39, 0.29) is 18.1 Å². The van der Waals surface area contributed by atoms with Crippen molar-refractivity contribution in [1.29, 1.82) is 0 Å². The molecule has 2 rings (SSSR count). The molecule has 0 spiro atoms. The van der Waals surface area contributed by atoms with Crippen LogP contribution in [0.5, 0.6) is 0 Å². The van der Waals surface area contributed by atoms with Gasteiger partial charge in [0, 0.05) is 19.6 Å². The summed E-state index contributed by atoms with van der Waals surface area (Å²) in [6.07, 6.45) is 1.16. The van der Waals surface area contributed by atoms with Crippen LogP contribution in [-0.2, 0) is 9.53 Å². The summed E-state index contributed by atoms with van der Waals surface area (Å²) in [6, 6.07) is -0.186. The molecule has 2 heterocycles. The quantitative estimate of drug-likeness (QED) is 0.585. The second-order valence-electron chi connectivity index (χ2n) is 4.14. The molecule has 1 atom stereocenters. The molecule has 86 valence electrons. The Morgan fingerprint density at radius 2 is 2.13 bits per heavy atom. The Bertz CT molecular complexity index is 221. The van der Waals surface area contributed by atoms with E-state index in [0.717, 1.165) is 6.54 Å². The lowest BCUT2D eigenvalue weighted by atomic mass is 10.1. The molecule has 5 nitrogen and oxygen atoms in total. The van der Waals surface area contributed by atoms with Crippen LogP contribution >= 0.6 is 0 Å². The number of nitrogens with one attached hydrogen (secondary N) is 1. The molecule has 0 aromatic carbocycles. The van der Waals surface area contributed by atoms with E-state index in [0.29, 0.717) is 39.1 Å². The van der Waals surface area contributed by atoms with Crippen LogP contribution in [0.2, 0.25) is 0 Å². The van der Waals surface area contributed by atoms with Crippen molar-refractivity contribution < 1.29 is 14.6 Å². The second kappa shape index (κ2) is 4.92. The molecule has 0 bridgehead atoms. The molecule has 0 aromatic rings. The monoisotopic (exact) mass is 214 g/mol. The number of morpholine rings is 1. The van der Waals surface area contributed by atoms with Gasteiger partial charge in [-0.05, 0) is 12.8 Å². The molecule has 0 radical (unpaired) electrons. The largest absolute Gasteiger partial charge is 0.393 e. The number of hydrogen-bond acceptors (Lipinski definition) is 4. The zero-order valence-corrected chi connectivity index (χ0v) is 8.82. The highest BCUT2D eigenvalue weighted by molar-refractivity contribution is 5.82. The third-order valence-corrected chi connectivity index (χ3v) is 3.00. The predicted octanol–water partition coefficient (Wildman–Crippen LogP) is -1.04. The van der Waals surface area contributed by atoms with Gasteiger partial charge in [-0.1, -0.05) is 0 Å². The van der Waals surface area contributed by atoms with Gasteiger partial charge in [0.05, 0.1) is 19.3 Å². The molecule has 2 fully saturated rings. The molecule has 0 aliphatic carbocycles. The van der Waals surface area contributed by atoms with Crippen LogP contribution in [0.4, 0.5) is 0 Å². The first-order valence-electron chi connectivity index (χ1n) is 5.55. The average molecular weight is 214 g/mol. The van der Waals surface area contributed by atoms with E-state index in [9.17, 15) is 9.90 Å². The van der Waals surface area contributed by atoms with Crippen LogP contribution in [0, 0.1) is 0 Å². The van der Waals surface area contributed by atoms with E-state index >= 15 is 0 Å². The molecule has 1 amide bonds. The summed E-state index contributed by atoms with van der Waals surface area (Å²) in [5.41, 5.74) is 0. The fraction of sp³-hybridized carbons (Fsp3) is 0.900. The van der Waals surface area contributed by atoms with Gasteiger partial charge in [0.1, 0.15) is 6.04 Å². The van der Waals surface area contributed by atoms with E-state index in [1.165, 1.54) is 0 Å². The summed E-state index contributed by atoms with van der Waals surface area (Å²) in [6.45, 7) is 3.23. The molecule has 2 aliphatic heterocycles. The van der Waals surface area contributed by atoms with E-state index in [2.05, 4.69) is 5.32 Å². The van der Waals surface area contributed by atoms with Gasteiger partial charge in [0.15, 0.2) is 0 Å². The third-order valence-electron chi connectivity index (χ3n) is 3.00. The number of likely N-dealkylation sites (tertiary alicyclic amines) is 1. The summed E-state index contributed by atoms with van der Waals surface area (Å²) in [4.78, 5) is 13.8. The maximum atomic E-state index is 12.0. The summed E-state index contributed by atoms with van der Waals surface area (Å²) in [5, 5.41) is 12.5. The number of carbonyl (C=O) groups is 1. The molecule has 1 unspecified atom stereocenters. The Labute approximate surface area is 89.4 Å². The smallest absolute Gasteiger partial charge is 0.242 e. The SMILES string of the molecule is O=C(C1COCCN1)N1CCC(O)CC1. The highest BCUT2D eigenvalue weighted by Crippen LogP contribution is 2.11. The van der Waals surface area contributed by atoms with Crippen molar-refractivity contribution in [2.45, 2.75) is 25.0 Å². The third kappa shape index (κ3) is 2.68. The van der Waals surface area contributed by atoms with Crippen molar-refractivity contribution in [3.63, 3.8) is 0 Å². The summed E-state index contributed by atoms with van der Waals surface area (Å²) in [7, 11) is 0. The van der Waals surface area contributed by atoms with Crippen LogP contribution in [0.25, 0.3) is 0 Å². The molecular weight excluding hydrogens is 196 g/mol. The van der Waals surface area contributed by atoms with Crippen molar-refractivity contribution in [1.82, 2.24) is 10.2 Å². The number of aliphatic hydroxyl groups is 1. The van der Waals surface area contributed by atoms with E-state index < -0.39 is 0 Å². The van der Waals surface area contributed by atoms with Crippen LogP contribution in [0.1, 0.15) is 12.8 Å². The van der Waals surface area contributed by atoms with Gasteiger partial charge < -0.3 is 20.1 Å². The summed E-state index contributed by atoms with van der Waals surface area (Å²) < 4.78 is 5.26. The van der Waals surface area contributed by atoms with E-state index in [4.69, 9.17) is 4.74 Å². The van der Waals surface area contributed by atoms with Gasteiger partial charge in [-0.2, -0.15) is 0 Å². The number of hydrogen-bond donors (Lipinski definition) is 2. The van der Waals surface area contributed by atoms with Crippen LogP contribution in [0.15, 0.2) is 0 Å². The Morgan fingerprint density at radius 1 is 1.40 bits per heavy atom. The van der Waals surface area contributed by atoms with Gasteiger partial charge in [-0.25, -0.2) is 0 Å². The average Bonchev–Trinajstić information content (AvgIpc) is 2.30. The molecule has 2 aliphatic rings. The standard InChI is InChI=1S/C10H18N2O3/c13-8-1-4-12(5-2-8)10(14)9-7-15-6-3-11-9/h8-9,11,13H,1-7H2. The fourth-order valence-corrected chi connectivity index (χ4v) is 2.03. The Hall–Kier alpha value is -0.650. The Balaban J connectivity index is 1.84. The van der Waals surface area contributed by atoms with Crippen molar-refractivity contribution in [2.24, 2.45) is 0 Å². The van der Waals surface area contributed by atoms with Crippen LogP contribution in [-0.4, -0.2) is 60.9 Å². The number of aliphatic hydroxyl groups excluding tert-OH is 1. The highest BCUT2D eigenvalue weighted by atomic mass is 16.5. The van der Waals surface area contributed by atoms with Crippen LogP contribution in [0.3, 0.4) is 0 Å². The molecule has 2 saturated heterocycles. The minimum atomic E-state index is -0.232. The van der Waals surface area contributed by atoms with Crippen LogP contribution < -0.4 is 5.32 Å². The minimum Gasteiger partial charge on any atom is -0.393 e. The van der Waals surface area contributed by atoms with Gasteiger partial charge in [-0.3, -0.25) is 4.79 Å². The number of nitrogens with zero attached hydrogens (tertiary/aromatic N) is 1. The Kier molecular flexibility index (Phi) is 3.56. The number of carbonyl (C=O) groups excluding carboxylic acids is 1. The predicted molar refractivity (Wildman–Crippen MR) is 54.4 cm³/mol. The number of piperidine rings is 1. The minimum absolute atomic E-state index is 0.113. The van der Waals surface area contributed by atoms with Crippen molar-refractivity contribution in [2.75, 3.05) is 32.8 Å². The van der Waals surface area contributed by atoms with Crippen molar-refractivity contribution in [3.8, 4) is 0 Å². The molecule has 5 heteroatoms. The summed E-state index contributed by atoms with van der Waals surface area (Å²) >= 11 is 0. The molecule has 0 saturated carbocycles. The molecule has 0 aromatic heterocycles. The fourth-order valence-electron chi connectivity index (χ4n) is 2.03.